The summed E-state index contributed by atoms with van der Waals surface area (Å²) in [4.78, 5) is 12.2. The van der Waals surface area contributed by atoms with Crippen LogP contribution in [0.5, 0.6) is 11.5 Å². The van der Waals surface area contributed by atoms with E-state index in [2.05, 4.69) is 20.8 Å². The number of nitrogens with zero attached hydrogens (tertiary/aromatic N) is 4. The van der Waals surface area contributed by atoms with Gasteiger partial charge in [-0.3, -0.25) is 4.79 Å². The molecular weight excluding hydrogens is 378 g/mol. The Hall–Kier alpha value is -3.07. The summed E-state index contributed by atoms with van der Waals surface area (Å²) in [6.07, 6.45) is 0. The first kappa shape index (κ1) is 18.3. The molecule has 2 heterocycles. The quantitative estimate of drug-likeness (QED) is 0.639. The van der Waals surface area contributed by atoms with Gasteiger partial charge >= 0.3 is 0 Å². The average Bonchev–Trinajstić information content (AvgIpc) is 3.35. The highest BCUT2D eigenvalue weighted by Gasteiger charge is 2.15. The van der Waals surface area contributed by atoms with Crippen LogP contribution >= 0.6 is 11.8 Å². The number of carbonyl (C=O) groups is 1. The number of amides is 1. The van der Waals surface area contributed by atoms with Crippen LogP contribution in [0.25, 0.3) is 5.69 Å². The fourth-order valence-electron chi connectivity index (χ4n) is 2.80. The Labute approximate surface area is 166 Å². The first-order valence-electron chi connectivity index (χ1n) is 8.74. The molecule has 0 fully saturated rings. The van der Waals surface area contributed by atoms with Gasteiger partial charge in [0.05, 0.1) is 11.4 Å². The molecule has 9 heteroatoms. The summed E-state index contributed by atoms with van der Waals surface area (Å²) in [5, 5.41) is 15.4. The molecule has 144 valence electrons. The smallest absolute Gasteiger partial charge is 0.231 e. The van der Waals surface area contributed by atoms with E-state index in [1.165, 1.54) is 11.8 Å². The lowest BCUT2D eigenvalue weighted by Gasteiger charge is -2.09. The fraction of sp³-hybridized carbons (Fsp3) is 0.263. The standard InChI is InChI=1S/C19H19N5O3S/c1-12-3-4-13(2)15(7-12)24-19(21-22-23-24)28-10-18(25)20-9-14-5-6-16-17(8-14)27-11-26-16/h3-8H,9-11H2,1-2H3,(H,20,25). The van der Waals surface area contributed by atoms with Crippen molar-refractivity contribution in [2.75, 3.05) is 12.5 Å². The second kappa shape index (κ2) is 7.89. The minimum atomic E-state index is -0.0989. The number of aromatic nitrogens is 4. The number of hydrogen-bond acceptors (Lipinski definition) is 7. The minimum Gasteiger partial charge on any atom is -0.454 e. The number of rotatable bonds is 6. The van der Waals surface area contributed by atoms with Crippen molar-refractivity contribution in [3.63, 3.8) is 0 Å². The van der Waals surface area contributed by atoms with Crippen molar-refractivity contribution in [1.29, 1.82) is 0 Å². The van der Waals surface area contributed by atoms with Crippen LogP contribution in [0.2, 0.25) is 0 Å². The number of benzene rings is 2. The van der Waals surface area contributed by atoms with Crippen molar-refractivity contribution in [2.45, 2.75) is 25.5 Å². The molecule has 1 N–H and O–H groups in total. The summed E-state index contributed by atoms with van der Waals surface area (Å²) in [6.45, 7) is 4.67. The molecule has 28 heavy (non-hydrogen) atoms. The molecule has 1 aromatic heterocycles. The molecule has 1 aliphatic rings. The van der Waals surface area contributed by atoms with Crippen LogP contribution in [0.1, 0.15) is 16.7 Å². The molecule has 1 aliphatic heterocycles. The van der Waals surface area contributed by atoms with E-state index in [1.807, 2.05) is 50.2 Å². The van der Waals surface area contributed by atoms with E-state index in [1.54, 1.807) is 4.68 Å². The predicted molar refractivity (Wildman–Crippen MR) is 104 cm³/mol. The van der Waals surface area contributed by atoms with Crippen LogP contribution in [-0.4, -0.2) is 38.7 Å². The van der Waals surface area contributed by atoms with Gasteiger partial charge in [0.25, 0.3) is 0 Å². The second-order valence-electron chi connectivity index (χ2n) is 6.42. The van der Waals surface area contributed by atoms with Crippen LogP contribution in [0.15, 0.2) is 41.6 Å². The lowest BCUT2D eigenvalue weighted by Crippen LogP contribution is -2.24. The van der Waals surface area contributed by atoms with E-state index < -0.39 is 0 Å². The predicted octanol–water partition coefficient (Wildman–Crippen LogP) is 2.42. The zero-order valence-corrected chi connectivity index (χ0v) is 16.3. The third-order valence-electron chi connectivity index (χ3n) is 4.29. The number of carbonyl (C=O) groups excluding carboxylic acids is 1. The SMILES string of the molecule is Cc1ccc(C)c(-n2nnnc2SCC(=O)NCc2ccc3c(c2)OCO3)c1. The highest BCUT2D eigenvalue weighted by atomic mass is 32.2. The van der Waals surface area contributed by atoms with Gasteiger partial charge < -0.3 is 14.8 Å². The molecule has 0 saturated heterocycles. The van der Waals surface area contributed by atoms with Crippen molar-refractivity contribution in [3.05, 3.63) is 53.1 Å². The van der Waals surface area contributed by atoms with Gasteiger partial charge in [0.15, 0.2) is 11.5 Å². The van der Waals surface area contributed by atoms with Crippen LogP contribution in [0.4, 0.5) is 0 Å². The summed E-state index contributed by atoms with van der Waals surface area (Å²) in [5.41, 5.74) is 4.04. The molecule has 2 aromatic carbocycles. The van der Waals surface area contributed by atoms with Gasteiger partial charge in [-0.15, -0.1) is 5.10 Å². The number of aryl methyl sites for hydroxylation is 2. The van der Waals surface area contributed by atoms with Gasteiger partial charge in [0, 0.05) is 6.54 Å². The van der Waals surface area contributed by atoms with E-state index in [0.717, 1.165) is 28.1 Å². The van der Waals surface area contributed by atoms with E-state index in [9.17, 15) is 4.79 Å². The zero-order valence-electron chi connectivity index (χ0n) is 15.5. The lowest BCUT2D eigenvalue weighted by atomic mass is 10.1. The number of tetrazole rings is 1. The molecule has 0 atom stereocenters. The molecule has 8 nitrogen and oxygen atoms in total. The van der Waals surface area contributed by atoms with Crippen LogP contribution in [-0.2, 0) is 11.3 Å². The Morgan fingerprint density at radius 2 is 2.04 bits per heavy atom. The van der Waals surface area contributed by atoms with Crippen LogP contribution < -0.4 is 14.8 Å². The first-order chi connectivity index (χ1) is 13.6. The van der Waals surface area contributed by atoms with Gasteiger partial charge in [-0.25, -0.2) is 0 Å². The van der Waals surface area contributed by atoms with Crippen molar-refractivity contribution in [1.82, 2.24) is 25.5 Å². The summed E-state index contributed by atoms with van der Waals surface area (Å²) in [5.74, 6) is 1.55. The summed E-state index contributed by atoms with van der Waals surface area (Å²) < 4.78 is 12.3. The second-order valence-corrected chi connectivity index (χ2v) is 7.36. The number of thioether (sulfide) groups is 1. The Balaban J connectivity index is 1.36. The molecule has 0 radical (unpaired) electrons. The maximum absolute atomic E-state index is 12.2. The molecule has 0 spiro atoms. The van der Waals surface area contributed by atoms with E-state index in [-0.39, 0.29) is 18.5 Å². The molecule has 0 aliphatic carbocycles. The van der Waals surface area contributed by atoms with Crippen LogP contribution in [0, 0.1) is 13.8 Å². The van der Waals surface area contributed by atoms with Gasteiger partial charge in [-0.1, -0.05) is 30.0 Å². The highest BCUT2D eigenvalue weighted by molar-refractivity contribution is 7.99. The Morgan fingerprint density at radius 3 is 2.93 bits per heavy atom. The molecule has 3 aromatic rings. The van der Waals surface area contributed by atoms with Crippen molar-refractivity contribution >= 4 is 17.7 Å². The molecular formula is C19H19N5O3S. The van der Waals surface area contributed by atoms with Gasteiger partial charge in [-0.05, 0) is 59.2 Å². The Bertz CT molecular complexity index is 1020. The van der Waals surface area contributed by atoms with Gasteiger partial charge in [0.1, 0.15) is 0 Å². The normalized spacial score (nSPS) is 12.2. The largest absolute Gasteiger partial charge is 0.454 e. The summed E-state index contributed by atoms with van der Waals surface area (Å²) in [7, 11) is 0. The zero-order chi connectivity index (χ0) is 19.5. The van der Waals surface area contributed by atoms with E-state index >= 15 is 0 Å². The topological polar surface area (TPSA) is 91.2 Å². The van der Waals surface area contributed by atoms with Crippen molar-refractivity contribution < 1.29 is 14.3 Å². The Morgan fingerprint density at radius 1 is 1.18 bits per heavy atom. The summed E-state index contributed by atoms with van der Waals surface area (Å²) in [6, 6.07) is 11.7. The third kappa shape index (κ3) is 3.94. The molecule has 1 amide bonds. The fourth-order valence-corrected chi connectivity index (χ4v) is 3.51. The number of ether oxygens (including phenoxy) is 2. The summed E-state index contributed by atoms with van der Waals surface area (Å²) >= 11 is 1.30. The highest BCUT2D eigenvalue weighted by Crippen LogP contribution is 2.32. The average molecular weight is 397 g/mol. The van der Waals surface area contributed by atoms with E-state index in [0.29, 0.717) is 17.5 Å². The van der Waals surface area contributed by atoms with Gasteiger partial charge in [-0.2, -0.15) is 4.68 Å². The first-order valence-corrected chi connectivity index (χ1v) is 9.73. The molecule has 0 unspecified atom stereocenters. The number of fused-ring (bicyclic) bond motifs is 1. The third-order valence-corrected chi connectivity index (χ3v) is 5.21. The number of nitrogens with one attached hydrogen (secondary N) is 1. The van der Waals surface area contributed by atoms with Crippen LogP contribution in [0.3, 0.4) is 0 Å². The molecule has 0 bridgehead atoms. The molecule has 0 saturated carbocycles. The number of hydrogen-bond donors (Lipinski definition) is 1. The monoisotopic (exact) mass is 397 g/mol. The maximum Gasteiger partial charge on any atom is 0.231 e. The van der Waals surface area contributed by atoms with Crippen molar-refractivity contribution in [2.24, 2.45) is 0 Å². The molecule has 4 rings (SSSR count). The van der Waals surface area contributed by atoms with Gasteiger partial charge in [0.2, 0.25) is 17.9 Å². The minimum absolute atomic E-state index is 0.0989. The Kier molecular flexibility index (Phi) is 5.16. The van der Waals surface area contributed by atoms with Crippen molar-refractivity contribution in [3.8, 4) is 17.2 Å². The lowest BCUT2D eigenvalue weighted by molar-refractivity contribution is -0.118. The van der Waals surface area contributed by atoms with E-state index in [4.69, 9.17) is 9.47 Å². The maximum atomic E-state index is 12.2.